The van der Waals surface area contributed by atoms with E-state index in [4.69, 9.17) is 0 Å². The summed E-state index contributed by atoms with van der Waals surface area (Å²) in [4.78, 5) is 16.0. The van der Waals surface area contributed by atoms with E-state index < -0.39 is 0 Å². The van der Waals surface area contributed by atoms with Gasteiger partial charge in [-0.1, -0.05) is 0 Å². The summed E-state index contributed by atoms with van der Waals surface area (Å²) in [6.45, 7) is 0.684. The molecule has 3 nitrogen and oxygen atoms in total. The van der Waals surface area contributed by atoms with Crippen molar-refractivity contribution in [3.05, 3.63) is 35.9 Å². The van der Waals surface area contributed by atoms with Gasteiger partial charge in [-0.15, -0.1) is 0 Å². The molecule has 1 aliphatic rings. The lowest BCUT2D eigenvalue weighted by atomic mass is 10.2. The van der Waals surface area contributed by atoms with Gasteiger partial charge in [0.1, 0.15) is 11.5 Å². The Kier molecular flexibility index (Phi) is 2.35. The van der Waals surface area contributed by atoms with E-state index in [1.165, 1.54) is 11.0 Å². The molecule has 0 bridgehead atoms. The van der Waals surface area contributed by atoms with Crippen LogP contribution >= 0.6 is 0 Å². The lowest BCUT2D eigenvalue weighted by Crippen LogP contribution is -2.35. The molecule has 1 aromatic rings. The Balaban J connectivity index is 2.10. The van der Waals surface area contributed by atoms with Gasteiger partial charge in [0.15, 0.2) is 0 Å². The molecule has 0 saturated heterocycles. The number of aromatic amines is 1. The Morgan fingerprint density at radius 1 is 1.57 bits per heavy atom. The zero-order valence-electron chi connectivity index (χ0n) is 7.66. The molecule has 0 fully saturated rings. The van der Waals surface area contributed by atoms with Crippen molar-refractivity contribution in [3.8, 4) is 0 Å². The number of nitrogens with zero attached hydrogens (tertiary/aromatic N) is 1. The average molecular weight is 194 g/mol. The first kappa shape index (κ1) is 8.99. The Bertz CT molecular complexity index is 356. The third kappa shape index (κ3) is 1.69. The molecule has 1 amide bonds. The summed E-state index contributed by atoms with van der Waals surface area (Å²) in [6.07, 6.45) is 3.81. The molecule has 0 radical (unpaired) electrons. The van der Waals surface area contributed by atoms with Gasteiger partial charge in [0, 0.05) is 12.7 Å². The van der Waals surface area contributed by atoms with Crippen LogP contribution < -0.4 is 0 Å². The van der Waals surface area contributed by atoms with Crippen molar-refractivity contribution in [3.63, 3.8) is 0 Å². The van der Waals surface area contributed by atoms with E-state index in [1.54, 1.807) is 18.3 Å². The van der Waals surface area contributed by atoms with Gasteiger partial charge in [0.05, 0.1) is 6.54 Å². The second-order valence-corrected chi connectivity index (χ2v) is 3.25. The van der Waals surface area contributed by atoms with Gasteiger partial charge in [-0.3, -0.25) is 4.79 Å². The molecular weight excluding hydrogens is 183 g/mol. The fraction of sp³-hybridized carbons (Fsp3) is 0.300. The summed E-state index contributed by atoms with van der Waals surface area (Å²) in [7, 11) is 0. The molecule has 14 heavy (non-hydrogen) atoms. The van der Waals surface area contributed by atoms with E-state index in [0.29, 0.717) is 18.7 Å². The molecule has 1 aliphatic heterocycles. The van der Waals surface area contributed by atoms with Crippen LogP contribution in [-0.2, 0) is 0 Å². The molecule has 0 unspecified atom stereocenters. The van der Waals surface area contributed by atoms with Crippen molar-refractivity contribution in [1.82, 2.24) is 9.88 Å². The smallest absolute Gasteiger partial charge is 0.270 e. The fourth-order valence-corrected chi connectivity index (χ4v) is 1.51. The highest BCUT2D eigenvalue weighted by molar-refractivity contribution is 5.92. The van der Waals surface area contributed by atoms with Crippen LogP contribution in [0.2, 0.25) is 0 Å². The highest BCUT2D eigenvalue weighted by atomic mass is 19.1. The van der Waals surface area contributed by atoms with Crippen LogP contribution in [0.25, 0.3) is 0 Å². The molecule has 1 N–H and O–H groups in total. The number of aromatic nitrogens is 1. The maximum atomic E-state index is 12.9. The first-order chi connectivity index (χ1) is 6.77. The number of carbonyl (C=O) groups is 1. The third-order valence-electron chi connectivity index (χ3n) is 2.22. The minimum atomic E-state index is -0.226. The minimum Gasteiger partial charge on any atom is -0.357 e. The summed E-state index contributed by atoms with van der Waals surface area (Å²) < 4.78 is 12.9. The normalized spacial score (nSPS) is 16.6. The maximum Gasteiger partial charge on any atom is 0.270 e. The second kappa shape index (κ2) is 3.65. The SMILES string of the molecule is O=C(c1ccc[nH]1)N1CCC=C(F)C1. The monoisotopic (exact) mass is 194 g/mol. The number of hydrogen-bond acceptors (Lipinski definition) is 1. The summed E-state index contributed by atoms with van der Waals surface area (Å²) in [6, 6.07) is 3.45. The highest BCUT2D eigenvalue weighted by Crippen LogP contribution is 2.13. The van der Waals surface area contributed by atoms with Gasteiger partial charge in [-0.25, -0.2) is 4.39 Å². The van der Waals surface area contributed by atoms with E-state index >= 15 is 0 Å². The molecule has 0 spiro atoms. The quantitative estimate of drug-likeness (QED) is 0.725. The van der Waals surface area contributed by atoms with Crippen LogP contribution in [0.3, 0.4) is 0 Å². The Hall–Kier alpha value is -1.58. The minimum absolute atomic E-state index is 0.0951. The van der Waals surface area contributed by atoms with E-state index in [1.807, 2.05) is 0 Å². The largest absolute Gasteiger partial charge is 0.357 e. The summed E-state index contributed by atoms with van der Waals surface area (Å²) in [5.74, 6) is -0.366. The van der Waals surface area contributed by atoms with E-state index in [0.717, 1.165) is 0 Å². The van der Waals surface area contributed by atoms with Crippen molar-refractivity contribution in [1.29, 1.82) is 0 Å². The van der Waals surface area contributed by atoms with Gasteiger partial charge in [-0.05, 0) is 24.6 Å². The van der Waals surface area contributed by atoms with Crippen molar-refractivity contribution < 1.29 is 9.18 Å². The van der Waals surface area contributed by atoms with Gasteiger partial charge in [0.2, 0.25) is 0 Å². The van der Waals surface area contributed by atoms with Crippen molar-refractivity contribution in [2.75, 3.05) is 13.1 Å². The zero-order valence-corrected chi connectivity index (χ0v) is 7.66. The number of rotatable bonds is 1. The summed E-state index contributed by atoms with van der Waals surface area (Å²) in [5, 5.41) is 0. The van der Waals surface area contributed by atoms with Crippen molar-refractivity contribution >= 4 is 5.91 Å². The third-order valence-corrected chi connectivity index (χ3v) is 2.22. The predicted octanol–water partition coefficient (Wildman–Crippen LogP) is 1.71. The number of amides is 1. The molecule has 0 aliphatic carbocycles. The molecule has 0 saturated carbocycles. The molecule has 0 atom stereocenters. The van der Waals surface area contributed by atoms with Crippen LogP contribution in [-0.4, -0.2) is 28.9 Å². The highest BCUT2D eigenvalue weighted by Gasteiger charge is 2.19. The standard InChI is InChI=1S/C10H11FN2O/c11-8-3-2-6-13(7-8)10(14)9-4-1-5-12-9/h1,3-5,12H,2,6-7H2. The van der Waals surface area contributed by atoms with Crippen LogP contribution in [0, 0.1) is 0 Å². The number of hydrogen-bond donors (Lipinski definition) is 1. The van der Waals surface area contributed by atoms with Crippen molar-refractivity contribution in [2.45, 2.75) is 6.42 Å². The molecule has 2 rings (SSSR count). The molecular formula is C10H11FN2O. The summed E-state index contributed by atoms with van der Waals surface area (Å²) >= 11 is 0. The Morgan fingerprint density at radius 3 is 3.07 bits per heavy atom. The first-order valence-electron chi connectivity index (χ1n) is 4.54. The van der Waals surface area contributed by atoms with E-state index in [-0.39, 0.29) is 18.3 Å². The van der Waals surface area contributed by atoms with Crippen molar-refractivity contribution in [2.24, 2.45) is 0 Å². The van der Waals surface area contributed by atoms with Gasteiger partial charge < -0.3 is 9.88 Å². The van der Waals surface area contributed by atoms with E-state index in [9.17, 15) is 9.18 Å². The van der Waals surface area contributed by atoms with Crippen LogP contribution in [0.5, 0.6) is 0 Å². The predicted molar refractivity (Wildman–Crippen MR) is 50.5 cm³/mol. The van der Waals surface area contributed by atoms with Gasteiger partial charge in [0.25, 0.3) is 5.91 Å². The molecule has 0 aromatic carbocycles. The molecule has 74 valence electrons. The number of carbonyl (C=O) groups excluding carboxylic acids is 1. The summed E-state index contributed by atoms with van der Waals surface area (Å²) in [5.41, 5.74) is 0.514. The van der Waals surface area contributed by atoms with Gasteiger partial charge in [-0.2, -0.15) is 0 Å². The number of halogens is 1. The first-order valence-corrected chi connectivity index (χ1v) is 4.54. The van der Waals surface area contributed by atoms with Crippen LogP contribution in [0.15, 0.2) is 30.2 Å². The lowest BCUT2D eigenvalue weighted by molar-refractivity contribution is 0.0750. The van der Waals surface area contributed by atoms with Gasteiger partial charge >= 0.3 is 0 Å². The lowest BCUT2D eigenvalue weighted by Gasteiger charge is -2.23. The average Bonchev–Trinajstić information content (AvgIpc) is 2.69. The topological polar surface area (TPSA) is 36.1 Å². The van der Waals surface area contributed by atoms with E-state index in [2.05, 4.69) is 4.98 Å². The number of nitrogens with one attached hydrogen (secondary N) is 1. The Labute approximate surface area is 81.2 Å². The molecule has 1 aromatic heterocycles. The Morgan fingerprint density at radius 2 is 2.43 bits per heavy atom. The molecule has 4 heteroatoms. The molecule has 2 heterocycles. The fourth-order valence-electron chi connectivity index (χ4n) is 1.51. The second-order valence-electron chi connectivity index (χ2n) is 3.25. The zero-order chi connectivity index (χ0) is 9.97. The van der Waals surface area contributed by atoms with Crippen LogP contribution in [0.4, 0.5) is 4.39 Å². The van der Waals surface area contributed by atoms with Crippen LogP contribution in [0.1, 0.15) is 16.9 Å². The maximum absolute atomic E-state index is 12.9. The number of H-pyrrole nitrogens is 1.